The predicted molar refractivity (Wildman–Crippen MR) is 101 cm³/mol. The average molecular weight is 344 g/mol. The van der Waals surface area contributed by atoms with E-state index in [4.69, 9.17) is 0 Å². The Morgan fingerprint density at radius 1 is 1.20 bits per heavy atom. The van der Waals surface area contributed by atoms with Crippen molar-refractivity contribution in [3.05, 3.63) is 75.8 Å². The van der Waals surface area contributed by atoms with Crippen LogP contribution in [-0.2, 0) is 0 Å². The van der Waals surface area contributed by atoms with Crippen LogP contribution >= 0.6 is 11.3 Å². The molecule has 0 saturated heterocycles. The van der Waals surface area contributed by atoms with Gasteiger partial charge in [-0.3, -0.25) is 0 Å². The van der Waals surface area contributed by atoms with E-state index in [1.54, 1.807) is 11.3 Å². The zero-order valence-corrected chi connectivity index (χ0v) is 14.6. The molecule has 1 aromatic carbocycles. The summed E-state index contributed by atoms with van der Waals surface area (Å²) in [5, 5.41) is 22.9. The highest BCUT2D eigenvalue weighted by atomic mass is 32.1. The maximum atomic E-state index is 9.52. The molecule has 1 aliphatic heterocycles. The second-order valence-corrected chi connectivity index (χ2v) is 6.21. The van der Waals surface area contributed by atoms with Crippen molar-refractivity contribution in [2.75, 3.05) is 6.54 Å². The van der Waals surface area contributed by atoms with Crippen LogP contribution in [0.15, 0.2) is 69.6 Å². The van der Waals surface area contributed by atoms with Crippen molar-refractivity contribution >= 4 is 23.1 Å². The molecule has 2 heterocycles. The van der Waals surface area contributed by atoms with Crippen molar-refractivity contribution in [1.29, 1.82) is 10.5 Å². The Bertz CT molecular complexity index is 909. The summed E-state index contributed by atoms with van der Waals surface area (Å²) in [6, 6.07) is 16.0. The van der Waals surface area contributed by atoms with Crippen molar-refractivity contribution in [1.82, 2.24) is 4.90 Å². The normalized spacial score (nSPS) is 17.3. The fourth-order valence-electron chi connectivity index (χ4n) is 2.82. The van der Waals surface area contributed by atoms with E-state index in [1.165, 1.54) is 0 Å². The molecule has 1 atom stereocenters. The van der Waals surface area contributed by atoms with Crippen LogP contribution in [0, 0.1) is 22.7 Å². The maximum absolute atomic E-state index is 9.52. The summed E-state index contributed by atoms with van der Waals surface area (Å²) in [7, 11) is 0. The predicted octanol–water partition coefficient (Wildman–Crippen LogP) is 4.21. The summed E-state index contributed by atoms with van der Waals surface area (Å²) in [6.07, 6.45) is 4.07. The third-order valence-electron chi connectivity index (χ3n) is 4.00. The monoisotopic (exact) mass is 344 g/mol. The van der Waals surface area contributed by atoms with Gasteiger partial charge in [0.05, 0.1) is 11.8 Å². The Hall–Kier alpha value is -3.15. The van der Waals surface area contributed by atoms with Crippen LogP contribution in [0.3, 0.4) is 0 Å². The summed E-state index contributed by atoms with van der Waals surface area (Å²) in [5.41, 5.74) is 3.36. The quantitative estimate of drug-likeness (QED) is 0.834. The Balaban J connectivity index is 2.09. The zero-order valence-electron chi connectivity index (χ0n) is 13.8. The first-order chi connectivity index (χ1) is 12.3. The van der Waals surface area contributed by atoms with Gasteiger partial charge in [-0.25, -0.2) is 4.99 Å². The van der Waals surface area contributed by atoms with Crippen LogP contribution in [0.4, 0.5) is 0 Å². The lowest BCUT2D eigenvalue weighted by atomic mass is 9.99. The molecule has 0 unspecified atom stereocenters. The molecule has 0 amide bonds. The molecule has 0 saturated carbocycles. The van der Waals surface area contributed by atoms with E-state index >= 15 is 0 Å². The molecule has 3 rings (SSSR count). The fourth-order valence-corrected chi connectivity index (χ4v) is 3.47. The van der Waals surface area contributed by atoms with Gasteiger partial charge in [0.2, 0.25) is 0 Å². The first-order valence-electron chi connectivity index (χ1n) is 7.94. The Morgan fingerprint density at radius 3 is 2.60 bits per heavy atom. The lowest BCUT2D eigenvalue weighted by Crippen LogP contribution is -2.42. The first-order valence-corrected chi connectivity index (χ1v) is 8.88. The van der Waals surface area contributed by atoms with Gasteiger partial charge in [-0.1, -0.05) is 42.5 Å². The van der Waals surface area contributed by atoms with Gasteiger partial charge in [0, 0.05) is 12.1 Å². The number of benzene rings is 1. The number of hydrogen-bond acceptors (Lipinski definition) is 5. The zero-order chi connectivity index (χ0) is 17.6. The molecule has 1 aliphatic rings. The van der Waals surface area contributed by atoms with Gasteiger partial charge < -0.3 is 4.90 Å². The second kappa shape index (κ2) is 7.61. The lowest BCUT2D eigenvalue weighted by molar-refractivity contribution is 0.366. The topological polar surface area (TPSA) is 63.2 Å². The molecular formula is C20H16N4S. The van der Waals surface area contributed by atoms with Crippen LogP contribution in [0.1, 0.15) is 18.1 Å². The van der Waals surface area contributed by atoms with Gasteiger partial charge in [0.25, 0.3) is 0 Å². The summed E-state index contributed by atoms with van der Waals surface area (Å²) < 4.78 is 0. The van der Waals surface area contributed by atoms with Crippen LogP contribution < -0.4 is 0 Å². The average Bonchev–Trinajstić information content (AvgIpc) is 3.20. The van der Waals surface area contributed by atoms with Crippen LogP contribution in [-0.4, -0.2) is 23.2 Å². The minimum absolute atomic E-state index is 0.176. The number of nitriles is 2. The van der Waals surface area contributed by atoms with E-state index in [9.17, 15) is 10.5 Å². The molecule has 0 bridgehead atoms. The third kappa shape index (κ3) is 3.38. The minimum Gasteiger partial charge on any atom is -0.349 e. The molecular weight excluding hydrogens is 328 g/mol. The van der Waals surface area contributed by atoms with Gasteiger partial charge in [-0.05, 0) is 29.3 Å². The van der Waals surface area contributed by atoms with Gasteiger partial charge in [-0.2, -0.15) is 21.9 Å². The molecule has 1 aromatic heterocycles. The highest BCUT2D eigenvalue weighted by molar-refractivity contribution is 7.08. The standard InChI is InChI=1S/C20H16N4S/c1-2-24-18(9-8-15-6-4-3-5-7-15)20(16-10-11-25-14-16)23-17(12-21)19(24)13-22/h3-11,14,18H,2H2,1H3/b9-8+/t18-/m1/s1. The number of nitrogens with zero attached hydrogens (tertiary/aromatic N) is 4. The number of likely N-dealkylation sites (N-methyl/N-ethyl adjacent to an activating group) is 1. The highest BCUT2D eigenvalue weighted by Crippen LogP contribution is 2.26. The fraction of sp³-hybridized carbons (Fsp3) is 0.150. The van der Waals surface area contributed by atoms with Gasteiger partial charge in [0.15, 0.2) is 11.4 Å². The maximum Gasteiger partial charge on any atom is 0.175 e. The molecule has 0 radical (unpaired) electrons. The van der Waals surface area contributed by atoms with Gasteiger partial charge >= 0.3 is 0 Å². The molecule has 0 aliphatic carbocycles. The minimum atomic E-state index is -0.188. The molecule has 5 heteroatoms. The summed E-state index contributed by atoms with van der Waals surface area (Å²) in [5.74, 6) is 0. The SMILES string of the molecule is CCN1C(C#N)=C(C#N)N=C(c2ccsc2)[C@H]1/C=C/c1ccccc1. The van der Waals surface area contributed by atoms with Crippen LogP contribution in [0.25, 0.3) is 6.08 Å². The summed E-state index contributed by atoms with van der Waals surface area (Å²) >= 11 is 1.59. The third-order valence-corrected chi connectivity index (χ3v) is 4.68. The summed E-state index contributed by atoms with van der Waals surface area (Å²) in [6.45, 7) is 2.59. The molecule has 25 heavy (non-hydrogen) atoms. The number of allylic oxidation sites excluding steroid dienone is 2. The van der Waals surface area contributed by atoms with Crippen molar-refractivity contribution < 1.29 is 0 Å². The number of hydrogen-bond donors (Lipinski definition) is 0. The smallest absolute Gasteiger partial charge is 0.175 e. The molecule has 0 N–H and O–H groups in total. The van der Waals surface area contributed by atoms with Crippen LogP contribution in [0.2, 0.25) is 0 Å². The number of thiophene rings is 1. The highest BCUT2D eigenvalue weighted by Gasteiger charge is 2.30. The van der Waals surface area contributed by atoms with Crippen LogP contribution in [0.5, 0.6) is 0 Å². The van der Waals surface area contributed by atoms with Crippen molar-refractivity contribution in [3.8, 4) is 12.1 Å². The van der Waals surface area contributed by atoms with E-state index in [1.807, 2.05) is 71.1 Å². The van der Waals surface area contributed by atoms with Crippen molar-refractivity contribution in [3.63, 3.8) is 0 Å². The van der Waals surface area contributed by atoms with E-state index < -0.39 is 0 Å². The van der Waals surface area contributed by atoms with Crippen molar-refractivity contribution in [2.45, 2.75) is 13.0 Å². The molecule has 122 valence electrons. The molecule has 4 nitrogen and oxygen atoms in total. The van der Waals surface area contributed by atoms with E-state index in [0.717, 1.165) is 16.8 Å². The number of rotatable bonds is 4. The molecule has 0 spiro atoms. The van der Waals surface area contributed by atoms with Gasteiger partial charge in [0.1, 0.15) is 12.1 Å². The van der Waals surface area contributed by atoms with E-state index in [-0.39, 0.29) is 11.7 Å². The summed E-state index contributed by atoms with van der Waals surface area (Å²) in [4.78, 5) is 6.44. The Kier molecular flexibility index (Phi) is 5.09. The lowest BCUT2D eigenvalue weighted by Gasteiger charge is -2.33. The number of aliphatic imine (C=N–C) groups is 1. The van der Waals surface area contributed by atoms with Crippen molar-refractivity contribution in [2.24, 2.45) is 4.99 Å². The van der Waals surface area contributed by atoms with E-state index in [0.29, 0.717) is 12.2 Å². The van der Waals surface area contributed by atoms with Gasteiger partial charge in [-0.15, -0.1) is 0 Å². The molecule has 0 fully saturated rings. The molecule has 2 aromatic rings. The van der Waals surface area contributed by atoms with E-state index in [2.05, 4.69) is 17.1 Å². The first kappa shape index (κ1) is 16.7. The Morgan fingerprint density at radius 2 is 2.00 bits per heavy atom. The largest absolute Gasteiger partial charge is 0.349 e. The Labute approximate surface area is 151 Å². The second-order valence-electron chi connectivity index (χ2n) is 5.43.